The topological polar surface area (TPSA) is 24.5 Å². The number of nitrogens with zero attached hydrogens (tertiary/aromatic N) is 1. The number of rotatable bonds is 12. The van der Waals surface area contributed by atoms with Crippen LogP contribution in [0.25, 0.3) is 0 Å². The summed E-state index contributed by atoms with van der Waals surface area (Å²) in [5, 5.41) is 3.57. The molecule has 1 rings (SSSR count). The molecule has 0 aromatic carbocycles. The third-order valence-electron chi connectivity index (χ3n) is 3.36. The lowest BCUT2D eigenvalue weighted by atomic mass is 10.2. The van der Waals surface area contributed by atoms with Crippen molar-refractivity contribution in [2.24, 2.45) is 0 Å². The average Bonchev–Trinajstić information content (AvgIpc) is 3.15. The minimum Gasteiger partial charge on any atom is -0.380 e. The van der Waals surface area contributed by atoms with Crippen LogP contribution in [0.1, 0.15) is 46.0 Å². The van der Waals surface area contributed by atoms with Gasteiger partial charge in [-0.05, 0) is 52.2 Å². The molecule has 1 aliphatic rings. The Morgan fingerprint density at radius 2 is 1.94 bits per heavy atom. The van der Waals surface area contributed by atoms with E-state index in [4.69, 9.17) is 4.74 Å². The number of unbranched alkanes of at least 4 members (excludes halogenated alkanes) is 2. The summed E-state index contributed by atoms with van der Waals surface area (Å²) in [6.45, 7) is 10.7. The minimum atomic E-state index is 0.838. The molecule has 0 atom stereocenters. The molecule has 1 saturated carbocycles. The summed E-state index contributed by atoms with van der Waals surface area (Å²) in [4.78, 5) is 2.49. The zero-order valence-corrected chi connectivity index (χ0v) is 11.7. The van der Waals surface area contributed by atoms with E-state index < -0.39 is 0 Å². The van der Waals surface area contributed by atoms with E-state index in [0.717, 1.165) is 32.3 Å². The Hall–Kier alpha value is -0.120. The second-order valence-electron chi connectivity index (χ2n) is 4.92. The van der Waals surface area contributed by atoms with Crippen LogP contribution < -0.4 is 5.32 Å². The first-order valence-electron chi connectivity index (χ1n) is 7.40. The third-order valence-corrected chi connectivity index (χ3v) is 3.36. The fourth-order valence-electron chi connectivity index (χ4n) is 2.00. The summed E-state index contributed by atoms with van der Waals surface area (Å²) < 4.78 is 5.39. The highest BCUT2D eigenvalue weighted by Crippen LogP contribution is 2.18. The fourth-order valence-corrected chi connectivity index (χ4v) is 2.00. The lowest BCUT2D eigenvalue weighted by Gasteiger charge is -2.19. The molecular weight excluding hydrogens is 212 g/mol. The molecule has 0 aromatic heterocycles. The van der Waals surface area contributed by atoms with Crippen molar-refractivity contribution in [1.82, 2.24) is 10.2 Å². The van der Waals surface area contributed by atoms with Crippen LogP contribution in [0.2, 0.25) is 0 Å². The minimum absolute atomic E-state index is 0.838. The molecule has 3 heteroatoms. The highest BCUT2D eigenvalue weighted by molar-refractivity contribution is 4.80. The number of likely N-dealkylation sites (N-methyl/N-ethyl adjacent to an activating group) is 1. The van der Waals surface area contributed by atoms with Gasteiger partial charge in [-0.1, -0.05) is 13.3 Å². The van der Waals surface area contributed by atoms with Gasteiger partial charge in [0.15, 0.2) is 0 Å². The van der Waals surface area contributed by atoms with Crippen molar-refractivity contribution in [2.45, 2.75) is 52.0 Å². The van der Waals surface area contributed by atoms with Gasteiger partial charge in [0.2, 0.25) is 0 Å². The van der Waals surface area contributed by atoms with Crippen LogP contribution in [0.15, 0.2) is 0 Å². The molecule has 0 spiro atoms. The molecule has 17 heavy (non-hydrogen) atoms. The van der Waals surface area contributed by atoms with Crippen molar-refractivity contribution >= 4 is 0 Å². The maximum atomic E-state index is 5.39. The van der Waals surface area contributed by atoms with E-state index in [1.165, 1.54) is 45.2 Å². The molecular formula is C14H30N2O. The van der Waals surface area contributed by atoms with Gasteiger partial charge in [0.05, 0.1) is 6.61 Å². The Kier molecular flexibility index (Phi) is 8.67. The number of ether oxygens (including phenoxy) is 1. The molecule has 1 N–H and O–H groups in total. The standard InChI is InChI=1S/C14H30N2O/c1-3-16(12-13-17-4-2)11-7-5-6-10-15-14-8-9-14/h14-15H,3-13H2,1-2H3. The maximum Gasteiger partial charge on any atom is 0.0593 e. The van der Waals surface area contributed by atoms with Gasteiger partial charge in [0.25, 0.3) is 0 Å². The van der Waals surface area contributed by atoms with Crippen molar-refractivity contribution in [3.8, 4) is 0 Å². The summed E-state index contributed by atoms with van der Waals surface area (Å²) in [6.07, 6.45) is 6.82. The van der Waals surface area contributed by atoms with Crippen LogP contribution in [0.5, 0.6) is 0 Å². The lowest BCUT2D eigenvalue weighted by molar-refractivity contribution is 0.114. The van der Waals surface area contributed by atoms with Gasteiger partial charge in [0.1, 0.15) is 0 Å². The van der Waals surface area contributed by atoms with E-state index in [2.05, 4.69) is 24.1 Å². The first kappa shape index (κ1) is 14.9. The molecule has 0 bridgehead atoms. The van der Waals surface area contributed by atoms with Crippen LogP contribution in [0.4, 0.5) is 0 Å². The van der Waals surface area contributed by atoms with Gasteiger partial charge in [-0.2, -0.15) is 0 Å². The zero-order valence-electron chi connectivity index (χ0n) is 11.7. The van der Waals surface area contributed by atoms with Gasteiger partial charge < -0.3 is 15.0 Å². The quantitative estimate of drug-likeness (QED) is 0.531. The molecule has 0 heterocycles. The SMILES string of the molecule is CCOCCN(CC)CCCCCNC1CC1. The monoisotopic (exact) mass is 242 g/mol. The summed E-state index contributed by atoms with van der Waals surface area (Å²) in [6, 6.07) is 0.869. The molecule has 1 aliphatic carbocycles. The second-order valence-corrected chi connectivity index (χ2v) is 4.92. The predicted molar refractivity (Wildman–Crippen MR) is 73.5 cm³/mol. The summed E-state index contributed by atoms with van der Waals surface area (Å²) in [5.74, 6) is 0. The molecule has 0 aromatic rings. The fraction of sp³-hybridized carbons (Fsp3) is 1.00. The Bertz CT molecular complexity index is 172. The molecule has 0 amide bonds. The van der Waals surface area contributed by atoms with Crippen molar-refractivity contribution in [1.29, 1.82) is 0 Å². The van der Waals surface area contributed by atoms with Gasteiger partial charge >= 0.3 is 0 Å². The largest absolute Gasteiger partial charge is 0.380 e. The van der Waals surface area contributed by atoms with Crippen LogP contribution in [-0.2, 0) is 4.74 Å². The second kappa shape index (κ2) is 9.86. The number of hydrogen-bond donors (Lipinski definition) is 1. The molecule has 1 fully saturated rings. The average molecular weight is 242 g/mol. The van der Waals surface area contributed by atoms with E-state index >= 15 is 0 Å². The van der Waals surface area contributed by atoms with Crippen molar-refractivity contribution in [2.75, 3.05) is 39.4 Å². The highest BCUT2D eigenvalue weighted by atomic mass is 16.5. The molecule has 0 radical (unpaired) electrons. The van der Waals surface area contributed by atoms with E-state index in [0.29, 0.717) is 0 Å². The number of hydrogen-bond acceptors (Lipinski definition) is 3. The predicted octanol–water partition coefficient (Wildman–Crippen LogP) is 2.27. The normalized spacial score (nSPS) is 15.7. The van der Waals surface area contributed by atoms with Crippen molar-refractivity contribution in [3.05, 3.63) is 0 Å². The Labute approximate surface area is 107 Å². The van der Waals surface area contributed by atoms with E-state index in [1.807, 2.05) is 0 Å². The summed E-state index contributed by atoms with van der Waals surface area (Å²) >= 11 is 0. The third kappa shape index (κ3) is 8.58. The van der Waals surface area contributed by atoms with Crippen LogP contribution in [-0.4, -0.2) is 50.3 Å². The first-order valence-corrected chi connectivity index (χ1v) is 7.40. The van der Waals surface area contributed by atoms with Crippen molar-refractivity contribution < 1.29 is 4.74 Å². The lowest BCUT2D eigenvalue weighted by Crippen LogP contribution is -2.28. The molecule has 0 unspecified atom stereocenters. The van der Waals surface area contributed by atoms with Crippen LogP contribution >= 0.6 is 0 Å². The van der Waals surface area contributed by atoms with Crippen LogP contribution in [0, 0.1) is 0 Å². The molecule has 3 nitrogen and oxygen atoms in total. The molecule has 0 aliphatic heterocycles. The Morgan fingerprint density at radius 1 is 1.12 bits per heavy atom. The van der Waals surface area contributed by atoms with E-state index in [9.17, 15) is 0 Å². The van der Waals surface area contributed by atoms with E-state index in [1.54, 1.807) is 0 Å². The van der Waals surface area contributed by atoms with Gasteiger partial charge in [0, 0.05) is 19.2 Å². The first-order chi connectivity index (χ1) is 8.36. The Morgan fingerprint density at radius 3 is 2.59 bits per heavy atom. The number of nitrogens with one attached hydrogen (secondary N) is 1. The maximum absolute atomic E-state index is 5.39. The van der Waals surface area contributed by atoms with Crippen LogP contribution in [0.3, 0.4) is 0 Å². The summed E-state index contributed by atoms with van der Waals surface area (Å²) in [7, 11) is 0. The molecule has 102 valence electrons. The zero-order chi connectivity index (χ0) is 12.3. The van der Waals surface area contributed by atoms with Gasteiger partial charge in [-0.3, -0.25) is 0 Å². The van der Waals surface area contributed by atoms with Crippen molar-refractivity contribution in [3.63, 3.8) is 0 Å². The van der Waals surface area contributed by atoms with Gasteiger partial charge in [-0.15, -0.1) is 0 Å². The smallest absolute Gasteiger partial charge is 0.0593 e. The molecule has 0 saturated heterocycles. The highest BCUT2D eigenvalue weighted by Gasteiger charge is 2.19. The Balaban J connectivity index is 1.83. The van der Waals surface area contributed by atoms with Gasteiger partial charge in [-0.25, -0.2) is 0 Å². The summed E-state index contributed by atoms with van der Waals surface area (Å²) in [5.41, 5.74) is 0. The van der Waals surface area contributed by atoms with E-state index in [-0.39, 0.29) is 0 Å².